The SMILES string of the molecule is C=Nc1ccc(-c2cc(=O)[nH]c(NCc3cccc(OC)c3)n2)cc1NCC.CC. The number of aliphatic imine (C=N–C) groups is 1. The Kier molecular flexibility index (Phi) is 8.62. The molecule has 0 aliphatic heterocycles. The molecule has 7 nitrogen and oxygen atoms in total. The summed E-state index contributed by atoms with van der Waals surface area (Å²) in [6.45, 7) is 10.9. The second kappa shape index (κ2) is 11.4. The molecule has 0 radical (unpaired) electrons. The first-order valence-corrected chi connectivity index (χ1v) is 9.96. The highest BCUT2D eigenvalue weighted by atomic mass is 16.5. The number of aromatic amines is 1. The third-order valence-electron chi connectivity index (χ3n) is 4.17. The Balaban J connectivity index is 0.00000155. The Morgan fingerprint density at radius 1 is 1.13 bits per heavy atom. The summed E-state index contributed by atoms with van der Waals surface area (Å²) in [6.07, 6.45) is 0. The van der Waals surface area contributed by atoms with Gasteiger partial charge in [-0.15, -0.1) is 0 Å². The molecule has 1 aromatic heterocycles. The molecule has 0 fully saturated rings. The van der Waals surface area contributed by atoms with Gasteiger partial charge in [0.25, 0.3) is 5.56 Å². The highest BCUT2D eigenvalue weighted by Gasteiger charge is 2.08. The van der Waals surface area contributed by atoms with Gasteiger partial charge in [-0.3, -0.25) is 14.8 Å². The number of rotatable bonds is 8. The third-order valence-corrected chi connectivity index (χ3v) is 4.17. The molecule has 158 valence electrons. The highest BCUT2D eigenvalue weighted by Crippen LogP contribution is 2.29. The average molecular weight is 408 g/mol. The quantitative estimate of drug-likeness (QED) is 0.465. The predicted octanol–water partition coefficient (Wildman–Crippen LogP) is 4.85. The van der Waals surface area contributed by atoms with Crippen LogP contribution in [0.5, 0.6) is 5.75 Å². The first-order chi connectivity index (χ1) is 14.6. The Labute approximate surface area is 177 Å². The number of aromatic nitrogens is 2. The molecule has 30 heavy (non-hydrogen) atoms. The van der Waals surface area contributed by atoms with Crippen molar-refractivity contribution in [2.45, 2.75) is 27.3 Å². The van der Waals surface area contributed by atoms with Crippen LogP contribution in [0, 0.1) is 0 Å². The Bertz CT molecular complexity index is 1030. The molecule has 0 saturated heterocycles. The van der Waals surface area contributed by atoms with Crippen molar-refractivity contribution in [2.75, 3.05) is 24.3 Å². The van der Waals surface area contributed by atoms with E-state index in [2.05, 4.69) is 32.3 Å². The zero-order valence-electron chi connectivity index (χ0n) is 18.0. The van der Waals surface area contributed by atoms with Crippen LogP contribution in [0.25, 0.3) is 11.3 Å². The fourth-order valence-corrected chi connectivity index (χ4v) is 2.82. The van der Waals surface area contributed by atoms with E-state index >= 15 is 0 Å². The maximum atomic E-state index is 12.1. The number of ether oxygens (including phenoxy) is 1. The molecule has 0 bridgehead atoms. The standard InChI is InChI=1S/C21H23N5O2.C2H6/c1-4-23-19-11-15(8-9-17(19)22-2)18-12-20(27)26-21(25-18)24-13-14-6-5-7-16(10-14)28-3;1-2/h5-12,23H,2,4,13H2,1,3H3,(H2,24,25,26,27);1-2H3. The van der Waals surface area contributed by atoms with Gasteiger partial charge in [-0.05, 0) is 43.5 Å². The van der Waals surface area contributed by atoms with Gasteiger partial charge in [0.2, 0.25) is 5.95 Å². The number of H-pyrrole nitrogens is 1. The van der Waals surface area contributed by atoms with Crippen molar-refractivity contribution in [3.63, 3.8) is 0 Å². The molecular formula is C23H29N5O2. The molecular weight excluding hydrogens is 378 g/mol. The molecule has 0 aliphatic carbocycles. The van der Waals surface area contributed by atoms with Gasteiger partial charge < -0.3 is 15.4 Å². The van der Waals surface area contributed by atoms with E-state index in [9.17, 15) is 4.79 Å². The van der Waals surface area contributed by atoms with Crippen molar-refractivity contribution in [3.8, 4) is 17.0 Å². The van der Waals surface area contributed by atoms with Crippen molar-refractivity contribution >= 4 is 24.0 Å². The van der Waals surface area contributed by atoms with Crippen LogP contribution >= 0.6 is 0 Å². The van der Waals surface area contributed by atoms with Crippen molar-refractivity contribution in [2.24, 2.45) is 4.99 Å². The lowest BCUT2D eigenvalue weighted by Gasteiger charge is -2.11. The number of methoxy groups -OCH3 is 1. The molecule has 3 aromatic rings. The third kappa shape index (κ3) is 5.94. The average Bonchev–Trinajstić information content (AvgIpc) is 2.79. The molecule has 0 unspecified atom stereocenters. The van der Waals surface area contributed by atoms with Crippen molar-refractivity contribution in [1.82, 2.24) is 9.97 Å². The molecule has 1 heterocycles. The van der Waals surface area contributed by atoms with Gasteiger partial charge in [0.05, 0.1) is 24.2 Å². The van der Waals surface area contributed by atoms with Crippen LogP contribution in [0.4, 0.5) is 17.3 Å². The lowest BCUT2D eigenvalue weighted by molar-refractivity contribution is 0.414. The number of benzene rings is 2. The van der Waals surface area contributed by atoms with Gasteiger partial charge in [-0.1, -0.05) is 32.0 Å². The minimum atomic E-state index is -0.228. The predicted molar refractivity (Wildman–Crippen MR) is 125 cm³/mol. The highest BCUT2D eigenvalue weighted by molar-refractivity contribution is 5.75. The van der Waals surface area contributed by atoms with Crippen LogP contribution in [0.15, 0.2) is 58.3 Å². The summed E-state index contributed by atoms with van der Waals surface area (Å²) < 4.78 is 5.23. The summed E-state index contributed by atoms with van der Waals surface area (Å²) in [6, 6.07) is 14.8. The molecule has 0 spiro atoms. The van der Waals surface area contributed by atoms with Crippen molar-refractivity contribution in [1.29, 1.82) is 0 Å². The van der Waals surface area contributed by atoms with Crippen LogP contribution in [0.1, 0.15) is 26.3 Å². The molecule has 0 atom stereocenters. The molecule has 3 N–H and O–H groups in total. The lowest BCUT2D eigenvalue weighted by atomic mass is 10.1. The van der Waals surface area contributed by atoms with E-state index in [-0.39, 0.29) is 5.56 Å². The summed E-state index contributed by atoms with van der Waals surface area (Å²) in [7, 11) is 1.63. The number of hydrogen-bond acceptors (Lipinski definition) is 6. The topological polar surface area (TPSA) is 91.4 Å². The van der Waals surface area contributed by atoms with Crippen LogP contribution in [-0.4, -0.2) is 30.3 Å². The molecule has 7 heteroatoms. The fraction of sp³-hybridized carbons (Fsp3) is 0.261. The monoisotopic (exact) mass is 407 g/mol. The van der Waals surface area contributed by atoms with Gasteiger partial charge in [0.15, 0.2) is 0 Å². The number of hydrogen-bond donors (Lipinski definition) is 3. The van der Waals surface area contributed by atoms with E-state index in [1.165, 1.54) is 6.07 Å². The largest absolute Gasteiger partial charge is 0.497 e. The van der Waals surface area contributed by atoms with E-state index < -0.39 is 0 Å². The van der Waals surface area contributed by atoms with Gasteiger partial charge in [-0.25, -0.2) is 4.98 Å². The minimum Gasteiger partial charge on any atom is -0.497 e. The summed E-state index contributed by atoms with van der Waals surface area (Å²) in [5.41, 5.74) is 3.79. The molecule has 0 amide bonds. The van der Waals surface area contributed by atoms with Crippen molar-refractivity contribution in [3.05, 3.63) is 64.4 Å². The number of nitrogens with zero attached hydrogens (tertiary/aromatic N) is 2. The second-order valence-electron chi connectivity index (χ2n) is 6.10. The Morgan fingerprint density at radius 3 is 2.63 bits per heavy atom. The summed E-state index contributed by atoms with van der Waals surface area (Å²) in [5.74, 6) is 1.18. The first kappa shape index (κ1) is 22.7. The number of anilines is 2. The number of nitrogens with one attached hydrogen (secondary N) is 3. The van der Waals surface area contributed by atoms with Gasteiger partial charge in [0.1, 0.15) is 5.75 Å². The zero-order valence-corrected chi connectivity index (χ0v) is 18.0. The van der Waals surface area contributed by atoms with E-state index in [1.54, 1.807) is 7.11 Å². The van der Waals surface area contributed by atoms with Crippen molar-refractivity contribution < 1.29 is 4.74 Å². The van der Waals surface area contributed by atoms with E-state index in [4.69, 9.17) is 4.74 Å². The Morgan fingerprint density at radius 2 is 1.93 bits per heavy atom. The normalized spacial score (nSPS) is 9.87. The molecule has 0 aliphatic rings. The van der Waals surface area contributed by atoms with Crippen LogP contribution in [0.3, 0.4) is 0 Å². The fourth-order valence-electron chi connectivity index (χ4n) is 2.82. The minimum absolute atomic E-state index is 0.228. The van der Waals surface area contributed by atoms with Gasteiger partial charge in [-0.2, -0.15) is 0 Å². The smallest absolute Gasteiger partial charge is 0.252 e. The second-order valence-corrected chi connectivity index (χ2v) is 6.10. The van der Waals surface area contributed by atoms with E-state index in [0.717, 1.165) is 34.8 Å². The molecule has 0 saturated carbocycles. The van der Waals surface area contributed by atoms with Gasteiger partial charge >= 0.3 is 0 Å². The maximum Gasteiger partial charge on any atom is 0.252 e. The first-order valence-electron chi connectivity index (χ1n) is 9.96. The summed E-state index contributed by atoms with van der Waals surface area (Å²) in [4.78, 5) is 23.4. The zero-order chi connectivity index (χ0) is 21.9. The summed E-state index contributed by atoms with van der Waals surface area (Å²) >= 11 is 0. The van der Waals surface area contributed by atoms with E-state index in [1.807, 2.05) is 63.2 Å². The summed E-state index contributed by atoms with van der Waals surface area (Å²) in [5, 5.41) is 6.41. The van der Waals surface area contributed by atoms with E-state index in [0.29, 0.717) is 18.2 Å². The molecule has 2 aromatic carbocycles. The van der Waals surface area contributed by atoms with Crippen LogP contribution in [-0.2, 0) is 6.54 Å². The Hall–Kier alpha value is -3.61. The van der Waals surface area contributed by atoms with Gasteiger partial charge in [0, 0.05) is 24.7 Å². The lowest BCUT2D eigenvalue weighted by Crippen LogP contribution is -2.12. The maximum absolute atomic E-state index is 12.1. The molecule has 3 rings (SSSR count). The van der Waals surface area contributed by atoms with Crippen LogP contribution in [0.2, 0.25) is 0 Å². The van der Waals surface area contributed by atoms with Crippen LogP contribution < -0.4 is 20.9 Å².